The van der Waals surface area contributed by atoms with E-state index in [9.17, 15) is 9.50 Å². The Morgan fingerprint density at radius 2 is 1.95 bits per heavy atom. The zero-order valence-electron chi connectivity index (χ0n) is 10.7. The largest absolute Gasteiger partial charge is 0.496 e. The Bertz CT molecular complexity index is 599. The first-order valence-corrected chi connectivity index (χ1v) is 6.18. The smallest absolute Gasteiger partial charge is 0.130 e. The van der Waals surface area contributed by atoms with Crippen LogP contribution in [0.5, 0.6) is 5.75 Å². The molecule has 0 heterocycles. The molecule has 0 saturated carbocycles. The van der Waals surface area contributed by atoms with Gasteiger partial charge in [-0.05, 0) is 36.2 Å². The summed E-state index contributed by atoms with van der Waals surface area (Å²) in [7, 11) is 1.56. The maximum absolute atomic E-state index is 13.8. The van der Waals surface area contributed by atoms with E-state index in [1.165, 1.54) is 12.1 Å². The summed E-state index contributed by atoms with van der Waals surface area (Å²) in [6.45, 7) is 1.90. The lowest BCUT2D eigenvalue weighted by Crippen LogP contribution is -2.03. The fourth-order valence-electron chi connectivity index (χ4n) is 1.91. The average molecular weight is 281 g/mol. The van der Waals surface area contributed by atoms with Gasteiger partial charge in [-0.2, -0.15) is 0 Å². The molecule has 0 amide bonds. The van der Waals surface area contributed by atoms with Crippen molar-refractivity contribution < 1.29 is 14.2 Å². The zero-order chi connectivity index (χ0) is 14.0. The number of hydrogen-bond donors (Lipinski definition) is 1. The van der Waals surface area contributed by atoms with Crippen molar-refractivity contribution in [1.29, 1.82) is 0 Å². The van der Waals surface area contributed by atoms with Crippen LogP contribution >= 0.6 is 11.6 Å². The molecule has 0 bridgehead atoms. The summed E-state index contributed by atoms with van der Waals surface area (Å²) < 4.78 is 19.0. The van der Waals surface area contributed by atoms with Crippen LogP contribution in [0.25, 0.3) is 0 Å². The Morgan fingerprint density at radius 3 is 2.58 bits per heavy atom. The predicted octanol–water partition coefficient (Wildman–Crippen LogP) is 3.88. The molecule has 0 fully saturated rings. The first kappa shape index (κ1) is 13.8. The third kappa shape index (κ3) is 2.88. The lowest BCUT2D eigenvalue weighted by atomic mass is 9.99. The normalized spacial score (nSPS) is 12.3. The Morgan fingerprint density at radius 1 is 1.21 bits per heavy atom. The first-order valence-electron chi connectivity index (χ1n) is 5.80. The van der Waals surface area contributed by atoms with Gasteiger partial charge in [0.05, 0.1) is 7.11 Å². The number of aliphatic hydroxyl groups excluding tert-OH is 1. The van der Waals surface area contributed by atoms with E-state index in [1.54, 1.807) is 25.3 Å². The van der Waals surface area contributed by atoms with E-state index in [-0.39, 0.29) is 5.56 Å². The van der Waals surface area contributed by atoms with Crippen LogP contribution in [0.4, 0.5) is 4.39 Å². The molecule has 2 rings (SSSR count). The molecule has 0 radical (unpaired) electrons. The maximum atomic E-state index is 13.8. The number of halogens is 2. The van der Waals surface area contributed by atoms with Gasteiger partial charge in [0.1, 0.15) is 17.7 Å². The lowest BCUT2D eigenvalue weighted by Gasteiger charge is -2.14. The molecule has 2 aromatic rings. The Hall–Kier alpha value is -1.58. The average Bonchev–Trinajstić information content (AvgIpc) is 2.38. The van der Waals surface area contributed by atoms with Gasteiger partial charge in [-0.25, -0.2) is 4.39 Å². The molecule has 2 aromatic carbocycles. The van der Waals surface area contributed by atoms with Crippen LogP contribution in [0.3, 0.4) is 0 Å². The molecule has 19 heavy (non-hydrogen) atoms. The summed E-state index contributed by atoms with van der Waals surface area (Å²) in [5.74, 6) is 0.130. The molecule has 0 aromatic heterocycles. The minimum atomic E-state index is -1.05. The fourth-order valence-corrected chi connectivity index (χ4v) is 2.07. The highest BCUT2D eigenvalue weighted by Crippen LogP contribution is 2.29. The second kappa shape index (κ2) is 5.59. The van der Waals surface area contributed by atoms with Crippen molar-refractivity contribution in [2.24, 2.45) is 0 Å². The van der Waals surface area contributed by atoms with Crippen LogP contribution in [-0.2, 0) is 0 Å². The van der Waals surface area contributed by atoms with Gasteiger partial charge in [-0.15, -0.1) is 0 Å². The number of rotatable bonds is 3. The summed E-state index contributed by atoms with van der Waals surface area (Å²) in [6.07, 6.45) is -1.05. The van der Waals surface area contributed by atoms with Crippen LogP contribution in [0.2, 0.25) is 5.02 Å². The fraction of sp³-hybridized carbons (Fsp3) is 0.200. The van der Waals surface area contributed by atoms with Crippen LogP contribution < -0.4 is 4.74 Å². The second-order valence-electron chi connectivity index (χ2n) is 4.30. The van der Waals surface area contributed by atoms with Gasteiger partial charge >= 0.3 is 0 Å². The quantitative estimate of drug-likeness (QED) is 0.924. The van der Waals surface area contributed by atoms with Crippen LogP contribution in [0.15, 0.2) is 36.4 Å². The van der Waals surface area contributed by atoms with E-state index in [0.29, 0.717) is 16.3 Å². The minimum Gasteiger partial charge on any atom is -0.496 e. The molecular formula is C15H14ClFO2. The third-order valence-electron chi connectivity index (χ3n) is 3.00. The van der Waals surface area contributed by atoms with Gasteiger partial charge in [-0.1, -0.05) is 29.8 Å². The van der Waals surface area contributed by atoms with Crippen LogP contribution in [0, 0.1) is 12.7 Å². The van der Waals surface area contributed by atoms with Crippen molar-refractivity contribution in [3.05, 3.63) is 63.9 Å². The number of ether oxygens (including phenoxy) is 1. The van der Waals surface area contributed by atoms with Gasteiger partial charge in [0, 0.05) is 10.6 Å². The zero-order valence-corrected chi connectivity index (χ0v) is 11.4. The van der Waals surface area contributed by atoms with E-state index in [2.05, 4.69) is 0 Å². The van der Waals surface area contributed by atoms with Gasteiger partial charge in [0.25, 0.3) is 0 Å². The SMILES string of the molecule is COc1cc(C(O)c2ccc(Cl)cc2F)ccc1C. The molecule has 2 nitrogen and oxygen atoms in total. The molecule has 0 aliphatic heterocycles. The Kier molecular flexibility index (Phi) is 4.08. The Labute approximate surface area is 116 Å². The molecule has 1 N–H and O–H groups in total. The van der Waals surface area contributed by atoms with Crippen LogP contribution in [0.1, 0.15) is 22.8 Å². The molecule has 0 saturated heterocycles. The number of hydrogen-bond acceptors (Lipinski definition) is 2. The standard InChI is InChI=1S/C15H14ClFO2/c1-9-3-4-10(7-14(9)19-2)15(18)12-6-5-11(16)8-13(12)17/h3-8,15,18H,1-2H3. The molecule has 0 spiro atoms. The summed E-state index contributed by atoms with van der Waals surface area (Å²) in [5.41, 5.74) is 1.72. The van der Waals surface area contributed by atoms with Crippen molar-refractivity contribution in [1.82, 2.24) is 0 Å². The maximum Gasteiger partial charge on any atom is 0.130 e. The molecular weight excluding hydrogens is 267 g/mol. The summed E-state index contributed by atoms with van der Waals surface area (Å²) in [5, 5.41) is 10.5. The van der Waals surface area contributed by atoms with Gasteiger partial charge < -0.3 is 9.84 Å². The van der Waals surface area contributed by atoms with E-state index < -0.39 is 11.9 Å². The summed E-state index contributed by atoms with van der Waals surface area (Å²) in [6, 6.07) is 9.49. The monoisotopic (exact) mass is 280 g/mol. The molecule has 100 valence electrons. The van der Waals surface area contributed by atoms with E-state index in [4.69, 9.17) is 16.3 Å². The van der Waals surface area contributed by atoms with Crippen molar-refractivity contribution >= 4 is 11.6 Å². The third-order valence-corrected chi connectivity index (χ3v) is 3.24. The van der Waals surface area contributed by atoms with E-state index in [0.717, 1.165) is 5.56 Å². The number of benzene rings is 2. The van der Waals surface area contributed by atoms with Crippen LogP contribution in [-0.4, -0.2) is 12.2 Å². The predicted molar refractivity (Wildman–Crippen MR) is 73.2 cm³/mol. The van der Waals surface area contributed by atoms with Gasteiger partial charge in [0.2, 0.25) is 0 Å². The second-order valence-corrected chi connectivity index (χ2v) is 4.73. The van der Waals surface area contributed by atoms with Gasteiger partial charge in [0.15, 0.2) is 0 Å². The number of aliphatic hydroxyl groups is 1. The highest BCUT2D eigenvalue weighted by molar-refractivity contribution is 6.30. The minimum absolute atomic E-state index is 0.190. The summed E-state index contributed by atoms with van der Waals surface area (Å²) >= 11 is 5.69. The highest BCUT2D eigenvalue weighted by atomic mass is 35.5. The first-order chi connectivity index (χ1) is 9.02. The number of aryl methyl sites for hydroxylation is 1. The van der Waals surface area contributed by atoms with E-state index in [1.807, 2.05) is 13.0 Å². The van der Waals surface area contributed by atoms with Crippen molar-refractivity contribution in [3.8, 4) is 5.75 Å². The van der Waals surface area contributed by atoms with Gasteiger partial charge in [-0.3, -0.25) is 0 Å². The topological polar surface area (TPSA) is 29.5 Å². The van der Waals surface area contributed by atoms with Crippen molar-refractivity contribution in [2.45, 2.75) is 13.0 Å². The van der Waals surface area contributed by atoms with E-state index >= 15 is 0 Å². The molecule has 4 heteroatoms. The molecule has 1 unspecified atom stereocenters. The van der Waals surface area contributed by atoms with Crippen molar-refractivity contribution in [2.75, 3.05) is 7.11 Å². The molecule has 0 aliphatic rings. The highest BCUT2D eigenvalue weighted by Gasteiger charge is 2.16. The lowest BCUT2D eigenvalue weighted by molar-refractivity contribution is 0.214. The Balaban J connectivity index is 2.40. The molecule has 1 atom stereocenters. The number of methoxy groups -OCH3 is 1. The van der Waals surface area contributed by atoms with Crippen molar-refractivity contribution in [3.63, 3.8) is 0 Å². The summed E-state index contributed by atoms with van der Waals surface area (Å²) in [4.78, 5) is 0. The molecule has 0 aliphatic carbocycles.